The van der Waals surface area contributed by atoms with E-state index < -0.39 is 17.2 Å². The minimum Gasteiger partial charge on any atom is -0.493 e. The normalized spacial score (nSPS) is 18.0. The number of methoxy groups -OCH3 is 3. The molecule has 0 radical (unpaired) electrons. The molecule has 0 spiro atoms. The third-order valence-corrected chi connectivity index (χ3v) is 11.3. The number of likely N-dealkylation sites (tertiary alicyclic amines) is 2. The molecule has 7 rings (SSSR count). The van der Waals surface area contributed by atoms with Crippen molar-refractivity contribution in [1.82, 2.24) is 19.4 Å². The van der Waals surface area contributed by atoms with Gasteiger partial charge in [-0.3, -0.25) is 9.59 Å². The van der Waals surface area contributed by atoms with Gasteiger partial charge >= 0.3 is 6.18 Å². The minimum atomic E-state index is -4.52. The summed E-state index contributed by atoms with van der Waals surface area (Å²) in [5.41, 5.74) is 1.78. The first-order valence-corrected chi connectivity index (χ1v) is 18.7. The van der Waals surface area contributed by atoms with E-state index in [0.29, 0.717) is 98.1 Å². The smallest absolute Gasteiger partial charge is 0.416 e. The highest BCUT2D eigenvalue weighted by Gasteiger charge is 2.43. The van der Waals surface area contributed by atoms with Gasteiger partial charge in [-0.25, -0.2) is 9.37 Å². The Kier molecular flexibility index (Phi) is 11.1. The van der Waals surface area contributed by atoms with Gasteiger partial charge < -0.3 is 28.6 Å². The van der Waals surface area contributed by atoms with Crippen LogP contribution in [-0.2, 0) is 18.1 Å². The molecule has 0 bridgehead atoms. The van der Waals surface area contributed by atoms with Crippen LogP contribution in [0.25, 0.3) is 11.0 Å². The number of hydrogen-bond acceptors (Lipinski definition) is 7. The molecule has 0 N–H and O–H groups in total. The summed E-state index contributed by atoms with van der Waals surface area (Å²) in [6.07, 6.45) is -2.33. The summed E-state index contributed by atoms with van der Waals surface area (Å²) in [6.45, 7) is 2.77. The zero-order chi connectivity index (χ0) is 39.6. The van der Waals surface area contributed by atoms with Crippen LogP contribution in [0.15, 0.2) is 84.9 Å². The van der Waals surface area contributed by atoms with E-state index in [4.69, 9.17) is 19.2 Å². The Balaban J connectivity index is 1.08. The Bertz CT molecular complexity index is 2190. The van der Waals surface area contributed by atoms with Crippen molar-refractivity contribution in [3.05, 3.63) is 119 Å². The molecular weight excluding hydrogens is 728 g/mol. The maximum Gasteiger partial charge on any atom is 0.416 e. The summed E-state index contributed by atoms with van der Waals surface area (Å²) in [5.74, 6) is 0.452. The first-order chi connectivity index (χ1) is 26.9. The van der Waals surface area contributed by atoms with Gasteiger partial charge in [-0.1, -0.05) is 42.5 Å². The van der Waals surface area contributed by atoms with Gasteiger partial charge in [0.2, 0.25) is 11.5 Å². The second-order valence-corrected chi connectivity index (χ2v) is 14.6. The Labute approximate surface area is 322 Å². The number of imidazole rings is 1. The number of halogens is 4. The van der Waals surface area contributed by atoms with E-state index in [1.54, 1.807) is 35.2 Å². The molecule has 2 fully saturated rings. The third kappa shape index (κ3) is 7.82. The highest BCUT2D eigenvalue weighted by Crippen LogP contribution is 2.43. The van der Waals surface area contributed by atoms with Crippen molar-refractivity contribution in [2.75, 3.05) is 54.1 Å². The third-order valence-electron chi connectivity index (χ3n) is 11.3. The van der Waals surface area contributed by atoms with Gasteiger partial charge in [0.15, 0.2) is 17.3 Å². The quantitative estimate of drug-likeness (QED) is 0.0938. The van der Waals surface area contributed by atoms with Gasteiger partial charge in [-0.2, -0.15) is 13.2 Å². The second kappa shape index (κ2) is 16.0. The summed E-state index contributed by atoms with van der Waals surface area (Å²) in [6, 6.07) is 22.4. The first-order valence-electron chi connectivity index (χ1n) is 18.7. The predicted molar refractivity (Wildman–Crippen MR) is 203 cm³/mol. The molecule has 4 aromatic carbocycles. The maximum atomic E-state index is 14.1. The number of piperidine rings is 1. The van der Waals surface area contributed by atoms with Crippen molar-refractivity contribution in [3.8, 4) is 17.2 Å². The fourth-order valence-electron chi connectivity index (χ4n) is 8.21. The van der Waals surface area contributed by atoms with E-state index in [1.165, 1.54) is 45.6 Å². The van der Waals surface area contributed by atoms with Crippen molar-refractivity contribution in [1.29, 1.82) is 0 Å². The van der Waals surface area contributed by atoms with Crippen molar-refractivity contribution < 1.29 is 41.4 Å². The Morgan fingerprint density at radius 2 is 1.55 bits per heavy atom. The molecule has 3 heterocycles. The SMILES string of the molecule is COc1cc(C(=O)N2CCC(CCN3CCC(C(=O)c4nc5ccccc5n4Cc4ccc(F)cc4)CC3)(c3cccc(C(F)(F)F)c3)C2)cc(OC)c1OC. The molecule has 1 unspecified atom stereocenters. The number of carbonyl (C=O) groups excluding carboxylic acids is 2. The topological polar surface area (TPSA) is 86.1 Å². The summed E-state index contributed by atoms with van der Waals surface area (Å²) in [7, 11) is 4.40. The Morgan fingerprint density at radius 3 is 2.21 bits per heavy atom. The molecule has 294 valence electrons. The molecule has 1 atom stereocenters. The van der Waals surface area contributed by atoms with Crippen LogP contribution in [0.3, 0.4) is 0 Å². The number of ketones is 1. The summed E-state index contributed by atoms with van der Waals surface area (Å²) in [5, 5.41) is 0. The highest BCUT2D eigenvalue weighted by molar-refractivity contribution is 5.98. The van der Waals surface area contributed by atoms with Crippen LogP contribution < -0.4 is 14.2 Å². The first kappa shape index (κ1) is 38.8. The molecule has 2 saturated heterocycles. The number of amides is 1. The fourth-order valence-corrected chi connectivity index (χ4v) is 8.21. The van der Waals surface area contributed by atoms with Crippen molar-refractivity contribution >= 4 is 22.7 Å². The van der Waals surface area contributed by atoms with Crippen LogP contribution in [-0.4, -0.2) is 85.1 Å². The number of alkyl halides is 3. The van der Waals surface area contributed by atoms with Gasteiger partial charge in [0.25, 0.3) is 5.91 Å². The van der Waals surface area contributed by atoms with Gasteiger partial charge in [0, 0.05) is 36.5 Å². The number of fused-ring (bicyclic) bond motifs is 1. The lowest BCUT2D eigenvalue weighted by atomic mass is 9.76. The van der Waals surface area contributed by atoms with Gasteiger partial charge in [-0.05, 0) is 98.9 Å². The maximum absolute atomic E-state index is 14.1. The van der Waals surface area contributed by atoms with Crippen molar-refractivity contribution in [2.24, 2.45) is 5.92 Å². The Hall–Kier alpha value is -5.43. The van der Waals surface area contributed by atoms with E-state index in [-0.39, 0.29) is 30.0 Å². The van der Waals surface area contributed by atoms with E-state index >= 15 is 0 Å². The van der Waals surface area contributed by atoms with Gasteiger partial charge in [0.1, 0.15) is 5.82 Å². The summed E-state index contributed by atoms with van der Waals surface area (Å²) >= 11 is 0. The second-order valence-electron chi connectivity index (χ2n) is 14.6. The molecule has 9 nitrogen and oxygen atoms in total. The lowest BCUT2D eigenvalue weighted by Crippen LogP contribution is -2.41. The lowest BCUT2D eigenvalue weighted by Gasteiger charge is -2.36. The molecule has 56 heavy (non-hydrogen) atoms. The molecule has 0 saturated carbocycles. The molecule has 1 aromatic heterocycles. The zero-order valence-corrected chi connectivity index (χ0v) is 31.6. The largest absolute Gasteiger partial charge is 0.493 e. The number of rotatable bonds is 12. The number of para-hydroxylation sites is 2. The lowest BCUT2D eigenvalue weighted by molar-refractivity contribution is -0.137. The van der Waals surface area contributed by atoms with E-state index in [0.717, 1.165) is 17.1 Å². The van der Waals surface area contributed by atoms with E-state index in [9.17, 15) is 27.2 Å². The number of aromatic nitrogens is 2. The van der Waals surface area contributed by atoms with Crippen LogP contribution in [0.1, 0.15) is 63.4 Å². The van der Waals surface area contributed by atoms with Crippen LogP contribution >= 0.6 is 0 Å². The Morgan fingerprint density at radius 1 is 0.857 bits per heavy atom. The number of benzene rings is 4. The number of carbonyl (C=O) groups is 2. The average molecular weight is 773 g/mol. The van der Waals surface area contributed by atoms with Crippen LogP contribution in [0.4, 0.5) is 17.6 Å². The van der Waals surface area contributed by atoms with Gasteiger partial charge in [-0.15, -0.1) is 0 Å². The summed E-state index contributed by atoms with van der Waals surface area (Å²) < 4.78 is 73.8. The van der Waals surface area contributed by atoms with E-state index in [2.05, 4.69) is 4.90 Å². The average Bonchev–Trinajstić information content (AvgIpc) is 3.82. The standard InChI is InChI=1S/C43H44F4N4O5/c1-54-36-23-30(24-37(55-2)39(36)56-3)41(53)50-22-18-42(27-50,31-7-6-8-32(25-31)43(45,46)47)17-21-49-19-15-29(16-20-49)38(52)40-48-34-9-4-5-10-35(34)51(40)26-28-11-13-33(44)14-12-28/h4-14,23-25,29H,15-22,26-27H2,1-3H3. The van der Waals surface area contributed by atoms with Crippen LogP contribution in [0, 0.1) is 11.7 Å². The minimum absolute atomic E-state index is 0.0415. The zero-order valence-electron chi connectivity index (χ0n) is 31.6. The number of hydrogen-bond donors (Lipinski definition) is 0. The number of Topliss-reactive ketones (excluding diaryl/α,β-unsaturated/α-hetero) is 1. The van der Waals surface area contributed by atoms with Crippen molar-refractivity contribution in [3.63, 3.8) is 0 Å². The van der Waals surface area contributed by atoms with Crippen LogP contribution in [0.2, 0.25) is 0 Å². The molecule has 0 aliphatic carbocycles. The highest BCUT2D eigenvalue weighted by atomic mass is 19.4. The molecule has 2 aliphatic rings. The van der Waals surface area contributed by atoms with E-state index in [1.807, 2.05) is 28.8 Å². The van der Waals surface area contributed by atoms with Gasteiger partial charge in [0.05, 0.1) is 37.9 Å². The molecular formula is C43H44F4N4O5. The predicted octanol–water partition coefficient (Wildman–Crippen LogP) is 8.04. The number of ether oxygens (including phenoxy) is 3. The molecule has 5 aromatic rings. The monoisotopic (exact) mass is 772 g/mol. The molecule has 13 heteroatoms. The number of nitrogens with zero attached hydrogens (tertiary/aromatic N) is 4. The van der Waals surface area contributed by atoms with Crippen LogP contribution in [0.5, 0.6) is 17.2 Å². The molecule has 1 amide bonds. The molecule has 2 aliphatic heterocycles. The summed E-state index contributed by atoms with van der Waals surface area (Å²) in [4.78, 5) is 36.7. The van der Waals surface area contributed by atoms with Crippen molar-refractivity contribution in [2.45, 2.75) is 43.8 Å². The fraction of sp³-hybridized carbons (Fsp3) is 0.372.